The van der Waals surface area contributed by atoms with Crippen LogP contribution >= 0.6 is 23.2 Å². The van der Waals surface area contributed by atoms with Crippen molar-refractivity contribution in [3.05, 3.63) is 74.9 Å². The smallest absolute Gasteiger partial charge is 0.232 e. The van der Waals surface area contributed by atoms with Crippen molar-refractivity contribution >= 4 is 40.6 Å². The zero-order valence-corrected chi connectivity index (χ0v) is 16.2. The summed E-state index contributed by atoms with van der Waals surface area (Å²) in [4.78, 5) is 27.0. The van der Waals surface area contributed by atoms with Crippen LogP contribution in [0.25, 0.3) is 0 Å². The molecular weight excluding hydrogens is 407 g/mol. The van der Waals surface area contributed by atoms with Gasteiger partial charge in [-0.2, -0.15) is 0 Å². The number of hydrogen-bond acceptors (Lipinski definition) is 2. The number of nitrogens with zero attached hydrogens (tertiary/aromatic N) is 1. The second-order valence-electron chi connectivity index (χ2n) is 6.88. The molecule has 0 radical (unpaired) electrons. The highest BCUT2D eigenvalue weighted by atomic mass is 35.5. The molecule has 0 bridgehead atoms. The molecule has 2 aromatic rings. The maximum absolute atomic E-state index is 14.4. The molecule has 144 valence electrons. The average Bonchev–Trinajstić information content (AvgIpc) is 2.62. The normalized spacial score (nSPS) is 19.9. The second kappa shape index (κ2) is 7.30. The Bertz CT molecular complexity index is 1040. The van der Waals surface area contributed by atoms with Crippen LogP contribution in [0, 0.1) is 11.6 Å². The van der Waals surface area contributed by atoms with Crippen molar-refractivity contribution in [1.82, 2.24) is 0 Å². The summed E-state index contributed by atoms with van der Waals surface area (Å²) in [5.41, 5.74) is 1.53. The number of anilines is 1. The van der Waals surface area contributed by atoms with Gasteiger partial charge in [0.1, 0.15) is 11.6 Å². The van der Waals surface area contributed by atoms with E-state index in [0.29, 0.717) is 46.1 Å². The van der Waals surface area contributed by atoms with Gasteiger partial charge in [0.15, 0.2) is 5.78 Å². The molecule has 28 heavy (non-hydrogen) atoms. The minimum Gasteiger partial charge on any atom is -0.294 e. The highest BCUT2D eigenvalue weighted by Gasteiger charge is 2.41. The maximum atomic E-state index is 14.4. The Morgan fingerprint density at radius 1 is 1.00 bits per heavy atom. The van der Waals surface area contributed by atoms with Crippen LogP contribution in [0.2, 0.25) is 10.0 Å². The van der Waals surface area contributed by atoms with Gasteiger partial charge in [0, 0.05) is 46.1 Å². The fraction of sp³-hybridized carbons (Fsp3) is 0.238. The number of rotatable bonds is 2. The highest BCUT2D eigenvalue weighted by molar-refractivity contribution is 6.35. The van der Waals surface area contributed by atoms with Gasteiger partial charge in [-0.1, -0.05) is 29.3 Å². The van der Waals surface area contributed by atoms with Crippen LogP contribution in [0.5, 0.6) is 0 Å². The van der Waals surface area contributed by atoms with Crippen LogP contribution in [0.15, 0.2) is 47.7 Å². The monoisotopic (exact) mass is 421 g/mol. The van der Waals surface area contributed by atoms with Crippen LogP contribution in [-0.4, -0.2) is 11.7 Å². The molecule has 2 aliphatic rings. The van der Waals surface area contributed by atoms with Gasteiger partial charge in [-0.05, 0) is 42.7 Å². The van der Waals surface area contributed by atoms with Crippen LogP contribution in [-0.2, 0) is 9.59 Å². The van der Waals surface area contributed by atoms with Crippen LogP contribution in [0.3, 0.4) is 0 Å². The Kier molecular flexibility index (Phi) is 4.98. The van der Waals surface area contributed by atoms with E-state index in [1.807, 2.05) is 0 Å². The highest BCUT2D eigenvalue weighted by Crippen LogP contribution is 2.45. The first-order chi connectivity index (χ1) is 13.4. The zero-order valence-electron chi connectivity index (χ0n) is 14.6. The van der Waals surface area contributed by atoms with E-state index in [9.17, 15) is 18.4 Å². The lowest BCUT2D eigenvalue weighted by atomic mass is 9.77. The summed E-state index contributed by atoms with van der Waals surface area (Å²) in [7, 11) is 0. The number of carbonyl (C=O) groups excluding carboxylic acids is 2. The van der Waals surface area contributed by atoms with E-state index in [1.54, 1.807) is 18.2 Å². The third-order valence-electron chi connectivity index (χ3n) is 5.16. The summed E-state index contributed by atoms with van der Waals surface area (Å²) >= 11 is 12.3. The molecule has 0 aromatic heterocycles. The van der Waals surface area contributed by atoms with Crippen molar-refractivity contribution in [2.24, 2.45) is 0 Å². The third-order valence-corrected chi connectivity index (χ3v) is 5.73. The minimum absolute atomic E-state index is 0.0389. The Hall–Kier alpha value is -2.24. The Morgan fingerprint density at radius 2 is 1.79 bits per heavy atom. The molecule has 1 aliphatic carbocycles. The first kappa shape index (κ1) is 19.1. The van der Waals surface area contributed by atoms with Gasteiger partial charge >= 0.3 is 0 Å². The molecule has 1 atom stereocenters. The molecule has 0 spiro atoms. The molecule has 2 aromatic carbocycles. The van der Waals surface area contributed by atoms with E-state index in [4.69, 9.17) is 23.2 Å². The first-order valence-corrected chi connectivity index (χ1v) is 9.61. The number of Topliss-reactive ketones (excluding diaryl/α,β-unsaturated/α-hetero) is 1. The molecular formula is C21H15Cl2F2NO2. The Labute approximate surface area is 170 Å². The topological polar surface area (TPSA) is 37.4 Å². The SMILES string of the molecule is O=C1CCCC2=C1[C@@H](c1ccc(Cl)cc1Cl)CC(=O)N2c1ccc(F)cc1F. The van der Waals surface area contributed by atoms with Gasteiger partial charge in [-0.3, -0.25) is 14.5 Å². The number of ketones is 1. The second-order valence-corrected chi connectivity index (χ2v) is 7.73. The molecule has 1 heterocycles. The third kappa shape index (κ3) is 3.23. The summed E-state index contributed by atoms with van der Waals surface area (Å²) in [5, 5.41) is 0.826. The van der Waals surface area contributed by atoms with Gasteiger partial charge in [0.25, 0.3) is 0 Å². The van der Waals surface area contributed by atoms with Crippen molar-refractivity contribution in [2.45, 2.75) is 31.6 Å². The van der Waals surface area contributed by atoms with E-state index >= 15 is 0 Å². The van der Waals surface area contributed by atoms with E-state index in [1.165, 1.54) is 11.0 Å². The maximum Gasteiger partial charge on any atom is 0.232 e. The van der Waals surface area contributed by atoms with Crippen molar-refractivity contribution in [3.63, 3.8) is 0 Å². The molecule has 3 nitrogen and oxygen atoms in total. The van der Waals surface area contributed by atoms with Gasteiger partial charge < -0.3 is 0 Å². The number of halogens is 4. The van der Waals surface area contributed by atoms with Crippen LogP contribution in [0.4, 0.5) is 14.5 Å². The first-order valence-electron chi connectivity index (χ1n) is 8.86. The molecule has 1 aliphatic heterocycles. The predicted molar refractivity (Wildman–Crippen MR) is 104 cm³/mol. The van der Waals surface area contributed by atoms with E-state index in [-0.39, 0.29) is 23.8 Å². The zero-order chi connectivity index (χ0) is 20.0. The fourth-order valence-electron chi connectivity index (χ4n) is 3.98. The number of amides is 1. The summed E-state index contributed by atoms with van der Waals surface area (Å²) in [5.74, 6) is -2.54. The summed E-state index contributed by atoms with van der Waals surface area (Å²) in [6, 6.07) is 7.99. The Morgan fingerprint density at radius 3 is 2.50 bits per heavy atom. The van der Waals surface area contributed by atoms with Gasteiger partial charge in [-0.15, -0.1) is 0 Å². The summed E-state index contributed by atoms with van der Waals surface area (Å²) in [6.07, 6.45) is 1.33. The molecule has 0 N–H and O–H groups in total. The van der Waals surface area contributed by atoms with E-state index < -0.39 is 17.6 Å². The standard InChI is InChI=1S/C21H15Cl2F2NO2/c22-11-4-6-13(15(23)8-11)14-10-20(28)26(17-7-5-12(24)9-16(17)25)18-2-1-3-19(27)21(14)18/h4-9,14H,1-3,10H2/t14-/m1/s1. The lowest BCUT2D eigenvalue weighted by molar-refractivity contribution is -0.120. The Balaban J connectivity index is 1.89. The number of hydrogen-bond donors (Lipinski definition) is 0. The number of carbonyl (C=O) groups is 2. The van der Waals surface area contributed by atoms with Crippen molar-refractivity contribution in [3.8, 4) is 0 Å². The molecule has 0 saturated heterocycles. The van der Waals surface area contributed by atoms with Gasteiger partial charge in [-0.25, -0.2) is 8.78 Å². The van der Waals surface area contributed by atoms with Gasteiger partial charge in [0.2, 0.25) is 5.91 Å². The molecule has 0 unspecified atom stereocenters. The van der Waals surface area contributed by atoms with Crippen LogP contribution < -0.4 is 4.90 Å². The van der Waals surface area contributed by atoms with Gasteiger partial charge in [0.05, 0.1) is 5.69 Å². The number of allylic oxidation sites excluding steroid dienone is 2. The van der Waals surface area contributed by atoms with Crippen molar-refractivity contribution in [1.29, 1.82) is 0 Å². The molecule has 0 fully saturated rings. The lowest BCUT2D eigenvalue weighted by Gasteiger charge is -2.38. The van der Waals surface area contributed by atoms with E-state index in [2.05, 4.69) is 0 Å². The van der Waals surface area contributed by atoms with Crippen LogP contribution in [0.1, 0.15) is 37.2 Å². The number of benzene rings is 2. The molecule has 7 heteroatoms. The lowest BCUT2D eigenvalue weighted by Crippen LogP contribution is -2.41. The average molecular weight is 422 g/mol. The quantitative estimate of drug-likeness (QED) is 0.614. The van der Waals surface area contributed by atoms with E-state index in [0.717, 1.165) is 12.1 Å². The largest absolute Gasteiger partial charge is 0.294 e. The minimum atomic E-state index is -0.846. The van der Waals surface area contributed by atoms with Crippen molar-refractivity contribution in [2.75, 3.05) is 4.90 Å². The molecule has 0 saturated carbocycles. The van der Waals surface area contributed by atoms with Crippen molar-refractivity contribution < 1.29 is 18.4 Å². The fourth-order valence-corrected chi connectivity index (χ4v) is 4.52. The summed E-state index contributed by atoms with van der Waals surface area (Å²) in [6.45, 7) is 0. The predicted octanol–water partition coefficient (Wildman–Crippen LogP) is 5.80. The molecule has 1 amide bonds. The molecule has 4 rings (SSSR count). The summed E-state index contributed by atoms with van der Waals surface area (Å²) < 4.78 is 27.7.